The van der Waals surface area contributed by atoms with Crippen molar-refractivity contribution in [3.05, 3.63) is 48.3 Å². The molecule has 0 aliphatic heterocycles. The molecule has 0 bridgehead atoms. The number of benzene rings is 2. The second kappa shape index (κ2) is 8.33. The third kappa shape index (κ3) is 4.42. The first-order chi connectivity index (χ1) is 13.1. The van der Waals surface area contributed by atoms with Crippen molar-refractivity contribution >= 4 is 16.9 Å². The van der Waals surface area contributed by atoms with Gasteiger partial charge in [-0.2, -0.15) is 0 Å². The number of hydrogen-bond acceptors (Lipinski definition) is 7. The lowest BCUT2D eigenvalue weighted by molar-refractivity contribution is -0.136. The normalized spacial score (nSPS) is 10.6. The molecule has 2 aromatic carbocycles. The molecule has 140 valence electrons. The molecule has 0 spiro atoms. The quantitative estimate of drug-likeness (QED) is 0.622. The Morgan fingerprint density at radius 3 is 2.56 bits per heavy atom. The molecule has 0 aliphatic rings. The highest BCUT2D eigenvalue weighted by Crippen LogP contribution is 2.36. The fourth-order valence-corrected chi connectivity index (χ4v) is 2.51. The van der Waals surface area contributed by atoms with E-state index < -0.39 is 5.97 Å². The number of nitrogens with zero attached hydrogens (tertiary/aromatic N) is 2. The average molecular weight is 370 g/mol. The molecule has 0 aliphatic carbocycles. The zero-order valence-corrected chi connectivity index (χ0v) is 14.6. The number of rotatable bonds is 8. The van der Waals surface area contributed by atoms with Crippen molar-refractivity contribution in [3.8, 4) is 23.1 Å². The highest BCUT2D eigenvalue weighted by Gasteiger charge is 2.13. The summed E-state index contributed by atoms with van der Waals surface area (Å²) in [5, 5.41) is 18.4. The Hall–Kier alpha value is -3.39. The number of hydrogen-bond donors (Lipinski definition) is 2. The van der Waals surface area contributed by atoms with E-state index in [-0.39, 0.29) is 19.6 Å². The second-order valence-electron chi connectivity index (χ2n) is 5.59. The first-order valence-electron chi connectivity index (χ1n) is 8.15. The summed E-state index contributed by atoms with van der Waals surface area (Å²) in [6.07, 6.45) is 1.32. The van der Waals surface area contributed by atoms with E-state index in [2.05, 4.69) is 9.97 Å². The lowest BCUT2D eigenvalue weighted by atomic mass is 10.1. The van der Waals surface area contributed by atoms with Gasteiger partial charge in [-0.25, -0.2) is 9.97 Å². The van der Waals surface area contributed by atoms with E-state index in [9.17, 15) is 4.79 Å². The summed E-state index contributed by atoms with van der Waals surface area (Å²) < 4.78 is 16.6. The topological polar surface area (TPSA) is 111 Å². The Bertz CT molecular complexity index is 943. The summed E-state index contributed by atoms with van der Waals surface area (Å²) in [7, 11) is 1.51. The zero-order valence-electron chi connectivity index (χ0n) is 14.6. The molecule has 3 rings (SSSR count). The van der Waals surface area contributed by atoms with Gasteiger partial charge in [0, 0.05) is 6.07 Å². The molecule has 1 aromatic heterocycles. The number of fused-ring (bicyclic) bond motifs is 1. The monoisotopic (exact) mass is 370 g/mol. The van der Waals surface area contributed by atoms with Crippen molar-refractivity contribution in [1.29, 1.82) is 0 Å². The molecule has 0 saturated carbocycles. The molecule has 8 nitrogen and oxygen atoms in total. The highest BCUT2D eigenvalue weighted by molar-refractivity contribution is 5.87. The standard InChI is InChI=1S/C19H18N2O6/c1-25-16-9-14-15(10-17(16)26-7-6-22)20-11-21-19(14)27-13-4-2-12(3-5-13)8-18(23)24/h2-5,9-11,22H,6-8H2,1H3,(H,23,24). The molecule has 3 aromatic rings. The van der Waals surface area contributed by atoms with Gasteiger partial charge in [0.2, 0.25) is 5.88 Å². The Morgan fingerprint density at radius 1 is 1.11 bits per heavy atom. The number of aliphatic hydroxyl groups is 1. The minimum atomic E-state index is -0.892. The summed E-state index contributed by atoms with van der Waals surface area (Å²) in [6, 6.07) is 10.1. The lowest BCUT2D eigenvalue weighted by Crippen LogP contribution is -2.03. The molecule has 0 unspecified atom stereocenters. The number of ether oxygens (including phenoxy) is 3. The van der Waals surface area contributed by atoms with E-state index >= 15 is 0 Å². The number of aromatic nitrogens is 2. The lowest BCUT2D eigenvalue weighted by Gasteiger charge is -2.13. The molecule has 1 heterocycles. The third-order valence-corrected chi connectivity index (χ3v) is 3.73. The van der Waals surface area contributed by atoms with Gasteiger partial charge in [-0.3, -0.25) is 4.79 Å². The third-order valence-electron chi connectivity index (χ3n) is 3.73. The molecule has 0 fully saturated rings. The second-order valence-corrected chi connectivity index (χ2v) is 5.59. The van der Waals surface area contributed by atoms with Crippen LogP contribution in [-0.4, -0.2) is 46.5 Å². The van der Waals surface area contributed by atoms with Crippen LogP contribution in [0.3, 0.4) is 0 Å². The number of carboxylic acid groups (broad SMARTS) is 1. The van der Waals surface area contributed by atoms with Gasteiger partial charge in [0.05, 0.1) is 31.0 Å². The maximum absolute atomic E-state index is 10.8. The van der Waals surface area contributed by atoms with Gasteiger partial charge < -0.3 is 24.4 Å². The largest absolute Gasteiger partial charge is 0.493 e. The number of methoxy groups -OCH3 is 1. The van der Waals surface area contributed by atoms with Crippen molar-refractivity contribution in [3.63, 3.8) is 0 Å². The fourth-order valence-electron chi connectivity index (χ4n) is 2.51. The van der Waals surface area contributed by atoms with Crippen LogP contribution in [0.2, 0.25) is 0 Å². The average Bonchev–Trinajstić information content (AvgIpc) is 2.67. The first kappa shape index (κ1) is 18.4. The fraction of sp³-hybridized carbons (Fsp3) is 0.211. The van der Waals surface area contributed by atoms with Crippen LogP contribution in [0.5, 0.6) is 23.1 Å². The Kier molecular flexibility index (Phi) is 5.68. The van der Waals surface area contributed by atoms with E-state index in [0.717, 1.165) is 0 Å². The SMILES string of the molecule is COc1cc2c(Oc3ccc(CC(=O)O)cc3)ncnc2cc1OCCO. The van der Waals surface area contributed by atoms with Crippen molar-refractivity contribution in [2.24, 2.45) is 0 Å². The van der Waals surface area contributed by atoms with Crippen LogP contribution in [0.4, 0.5) is 0 Å². The van der Waals surface area contributed by atoms with Gasteiger partial charge >= 0.3 is 5.97 Å². The maximum atomic E-state index is 10.8. The van der Waals surface area contributed by atoms with E-state index in [4.69, 9.17) is 24.4 Å². The molecular weight excluding hydrogens is 352 g/mol. The van der Waals surface area contributed by atoms with E-state index in [1.54, 1.807) is 36.4 Å². The first-order valence-corrected chi connectivity index (χ1v) is 8.15. The number of carbonyl (C=O) groups is 1. The summed E-state index contributed by atoms with van der Waals surface area (Å²) in [5.74, 6) is 0.882. The van der Waals surface area contributed by atoms with Crippen LogP contribution in [0.15, 0.2) is 42.7 Å². The minimum absolute atomic E-state index is 0.0511. The van der Waals surface area contributed by atoms with Gasteiger partial charge in [0.1, 0.15) is 18.7 Å². The Morgan fingerprint density at radius 2 is 1.89 bits per heavy atom. The number of carboxylic acids is 1. The zero-order chi connectivity index (χ0) is 19.2. The molecular formula is C19H18N2O6. The molecule has 2 N–H and O–H groups in total. The predicted molar refractivity (Wildman–Crippen MR) is 96.5 cm³/mol. The highest BCUT2D eigenvalue weighted by atomic mass is 16.5. The number of aliphatic carboxylic acids is 1. The molecule has 0 amide bonds. The van der Waals surface area contributed by atoms with Gasteiger partial charge in [0.15, 0.2) is 11.5 Å². The molecule has 0 radical (unpaired) electrons. The van der Waals surface area contributed by atoms with Crippen LogP contribution in [0.1, 0.15) is 5.56 Å². The molecule has 8 heteroatoms. The van der Waals surface area contributed by atoms with E-state index in [0.29, 0.717) is 39.6 Å². The summed E-state index contributed by atoms with van der Waals surface area (Å²) in [4.78, 5) is 19.2. The van der Waals surface area contributed by atoms with Crippen LogP contribution in [0.25, 0.3) is 10.9 Å². The van der Waals surface area contributed by atoms with Crippen LogP contribution in [-0.2, 0) is 11.2 Å². The van der Waals surface area contributed by atoms with Crippen LogP contribution in [0, 0.1) is 0 Å². The van der Waals surface area contributed by atoms with Gasteiger partial charge in [0.25, 0.3) is 0 Å². The van der Waals surface area contributed by atoms with Crippen molar-refractivity contribution < 1.29 is 29.2 Å². The van der Waals surface area contributed by atoms with Crippen LogP contribution < -0.4 is 14.2 Å². The summed E-state index contributed by atoms with van der Waals surface area (Å²) in [6.45, 7) is 0.0240. The maximum Gasteiger partial charge on any atom is 0.307 e. The smallest absolute Gasteiger partial charge is 0.307 e. The Balaban J connectivity index is 1.91. The van der Waals surface area contributed by atoms with Crippen molar-refractivity contribution in [2.75, 3.05) is 20.3 Å². The minimum Gasteiger partial charge on any atom is -0.493 e. The van der Waals surface area contributed by atoms with Crippen LogP contribution >= 0.6 is 0 Å². The number of aliphatic hydroxyl groups excluding tert-OH is 1. The summed E-state index contributed by atoms with van der Waals surface area (Å²) >= 11 is 0. The molecule has 0 atom stereocenters. The van der Waals surface area contributed by atoms with Gasteiger partial charge in [-0.1, -0.05) is 12.1 Å². The van der Waals surface area contributed by atoms with Gasteiger partial charge in [-0.05, 0) is 23.8 Å². The molecule has 0 saturated heterocycles. The Labute approximate surface area is 155 Å². The van der Waals surface area contributed by atoms with Gasteiger partial charge in [-0.15, -0.1) is 0 Å². The summed E-state index contributed by atoms with van der Waals surface area (Å²) in [5.41, 5.74) is 1.27. The molecule has 27 heavy (non-hydrogen) atoms. The predicted octanol–water partition coefficient (Wildman–Crippen LogP) is 2.43. The van der Waals surface area contributed by atoms with Crippen molar-refractivity contribution in [1.82, 2.24) is 9.97 Å². The van der Waals surface area contributed by atoms with Crippen molar-refractivity contribution in [2.45, 2.75) is 6.42 Å². The van der Waals surface area contributed by atoms with E-state index in [1.807, 2.05) is 0 Å². The van der Waals surface area contributed by atoms with E-state index in [1.165, 1.54) is 13.4 Å².